The number of hydrogen-bond acceptors (Lipinski definition) is 2. The van der Waals surface area contributed by atoms with Gasteiger partial charge in [-0.25, -0.2) is 4.79 Å². The van der Waals surface area contributed by atoms with Gasteiger partial charge >= 0.3 is 12.0 Å². The van der Waals surface area contributed by atoms with Gasteiger partial charge in [0.25, 0.3) is 0 Å². The van der Waals surface area contributed by atoms with Crippen LogP contribution in [-0.2, 0) is 4.79 Å². The van der Waals surface area contributed by atoms with Crippen LogP contribution < -0.4 is 5.32 Å². The lowest BCUT2D eigenvalue weighted by Gasteiger charge is -2.24. The Balaban J connectivity index is 4.25. The SMILES string of the molecule is CCCCC(CCC)NC(=O)N(C)CC(C)C(=O)O. The Bertz CT molecular complexity index is 282. The molecule has 0 aromatic heterocycles. The Labute approximate surface area is 116 Å². The number of nitrogens with zero attached hydrogens (tertiary/aromatic N) is 1. The molecule has 2 N–H and O–H groups in total. The van der Waals surface area contributed by atoms with Crippen molar-refractivity contribution in [1.29, 1.82) is 0 Å². The molecule has 19 heavy (non-hydrogen) atoms. The fraction of sp³-hybridized carbons (Fsp3) is 0.857. The second kappa shape index (κ2) is 9.64. The molecule has 0 aliphatic heterocycles. The molecule has 0 aliphatic carbocycles. The molecule has 5 heteroatoms. The molecule has 5 nitrogen and oxygen atoms in total. The summed E-state index contributed by atoms with van der Waals surface area (Å²) in [5.41, 5.74) is 0. The zero-order valence-corrected chi connectivity index (χ0v) is 12.6. The van der Waals surface area contributed by atoms with Crippen molar-refractivity contribution < 1.29 is 14.7 Å². The highest BCUT2D eigenvalue weighted by molar-refractivity contribution is 5.75. The predicted octanol–water partition coefficient (Wildman–Crippen LogP) is 2.71. The zero-order valence-electron chi connectivity index (χ0n) is 12.6. The molecule has 0 saturated carbocycles. The van der Waals surface area contributed by atoms with Gasteiger partial charge in [0.1, 0.15) is 0 Å². The van der Waals surface area contributed by atoms with Crippen LogP contribution in [-0.4, -0.2) is 41.6 Å². The number of carboxylic acids is 1. The molecule has 2 amide bonds. The number of carboxylic acid groups (broad SMARTS) is 1. The van der Waals surface area contributed by atoms with Gasteiger partial charge in [0.15, 0.2) is 0 Å². The Hall–Kier alpha value is -1.26. The highest BCUT2D eigenvalue weighted by atomic mass is 16.4. The van der Waals surface area contributed by atoms with E-state index in [9.17, 15) is 9.59 Å². The maximum Gasteiger partial charge on any atom is 0.317 e. The molecule has 0 bridgehead atoms. The summed E-state index contributed by atoms with van der Waals surface area (Å²) < 4.78 is 0. The van der Waals surface area contributed by atoms with Gasteiger partial charge < -0.3 is 15.3 Å². The number of unbranched alkanes of at least 4 members (excludes halogenated alkanes) is 1. The minimum Gasteiger partial charge on any atom is -0.481 e. The number of carbonyl (C=O) groups is 2. The number of nitrogens with one attached hydrogen (secondary N) is 1. The average Bonchev–Trinajstić information content (AvgIpc) is 2.35. The Morgan fingerprint density at radius 3 is 2.32 bits per heavy atom. The average molecular weight is 272 g/mol. The fourth-order valence-corrected chi connectivity index (χ4v) is 1.94. The Morgan fingerprint density at radius 2 is 1.84 bits per heavy atom. The molecule has 0 spiro atoms. The van der Waals surface area contributed by atoms with Crippen LogP contribution >= 0.6 is 0 Å². The van der Waals surface area contributed by atoms with Crippen LogP contribution in [0.4, 0.5) is 4.79 Å². The first-order valence-corrected chi connectivity index (χ1v) is 7.16. The van der Waals surface area contributed by atoms with Crippen LogP contribution in [0.15, 0.2) is 0 Å². The predicted molar refractivity (Wildman–Crippen MR) is 76.2 cm³/mol. The van der Waals surface area contributed by atoms with Gasteiger partial charge in [0.2, 0.25) is 0 Å². The molecule has 0 aromatic carbocycles. The first-order valence-electron chi connectivity index (χ1n) is 7.16. The highest BCUT2D eigenvalue weighted by Crippen LogP contribution is 2.08. The zero-order chi connectivity index (χ0) is 14.8. The molecule has 2 unspecified atom stereocenters. The van der Waals surface area contributed by atoms with Crippen LogP contribution in [0.25, 0.3) is 0 Å². The van der Waals surface area contributed by atoms with E-state index in [1.807, 2.05) is 0 Å². The van der Waals surface area contributed by atoms with Gasteiger partial charge in [0, 0.05) is 19.6 Å². The topological polar surface area (TPSA) is 69.6 Å². The standard InChI is InChI=1S/C14H28N2O3/c1-5-7-9-12(8-6-2)15-14(19)16(4)10-11(3)13(17)18/h11-12H,5-10H2,1-4H3,(H,15,19)(H,17,18). The maximum absolute atomic E-state index is 12.0. The van der Waals surface area contributed by atoms with Gasteiger partial charge in [-0.05, 0) is 12.8 Å². The molecule has 0 heterocycles. The van der Waals surface area contributed by atoms with Crippen molar-refractivity contribution in [3.8, 4) is 0 Å². The second-order valence-electron chi connectivity index (χ2n) is 5.20. The van der Waals surface area contributed by atoms with E-state index >= 15 is 0 Å². The van der Waals surface area contributed by atoms with Crippen molar-refractivity contribution in [2.45, 2.75) is 58.9 Å². The lowest BCUT2D eigenvalue weighted by Crippen LogP contribution is -2.45. The Morgan fingerprint density at radius 1 is 1.21 bits per heavy atom. The number of urea groups is 1. The highest BCUT2D eigenvalue weighted by Gasteiger charge is 2.19. The molecule has 2 atom stereocenters. The van der Waals surface area contributed by atoms with Gasteiger partial charge in [-0.1, -0.05) is 40.0 Å². The van der Waals surface area contributed by atoms with E-state index in [-0.39, 0.29) is 18.6 Å². The normalized spacial score (nSPS) is 13.7. The molecular formula is C14H28N2O3. The monoisotopic (exact) mass is 272 g/mol. The number of aliphatic carboxylic acids is 1. The van der Waals surface area contributed by atoms with Crippen molar-refractivity contribution in [2.75, 3.05) is 13.6 Å². The molecular weight excluding hydrogens is 244 g/mol. The van der Waals surface area contributed by atoms with Crippen molar-refractivity contribution in [3.05, 3.63) is 0 Å². The molecule has 112 valence electrons. The molecule has 0 saturated heterocycles. The van der Waals surface area contributed by atoms with E-state index in [0.717, 1.165) is 32.1 Å². The fourth-order valence-electron chi connectivity index (χ4n) is 1.94. The van der Waals surface area contributed by atoms with Gasteiger partial charge in [-0.15, -0.1) is 0 Å². The maximum atomic E-state index is 12.0. The van der Waals surface area contributed by atoms with Crippen LogP contribution in [0, 0.1) is 5.92 Å². The molecule has 0 rings (SSSR count). The molecule has 0 aliphatic rings. The Kier molecular flexibility index (Phi) is 9.00. The lowest BCUT2D eigenvalue weighted by molar-refractivity contribution is -0.141. The third kappa shape index (κ3) is 7.70. The third-order valence-corrected chi connectivity index (χ3v) is 3.19. The summed E-state index contributed by atoms with van der Waals surface area (Å²) in [6.45, 7) is 6.06. The van der Waals surface area contributed by atoms with Gasteiger partial charge in [0.05, 0.1) is 5.92 Å². The third-order valence-electron chi connectivity index (χ3n) is 3.19. The van der Waals surface area contributed by atoms with Crippen molar-refractivity contribution >= 4 is 12.0 Å². The van der Waals surface area contributed by atoms with Crippen LogP contribution in [0.5, 0.6) is 0 Å². The molecule has 0 fully saturated rings. The summed E-state index contributed by atoms with van der Waals surface area (Å²) in [6, 6.07) is 0.0164. The summed E-state index contributed by atoms with van der Waals surface area (Å²) in [5.74, 6) is -1.42. The van der Waals surface area contributed by atoms with Gasteiger partial charge in [-0.3, -0.25) is 4.79 Å². The smallest absolute Gasteiger partial charge is 0.317 e. The first-order chi connectivity index (χ1) is 8.92. The first kappa shape index (κ1) is 17.7. The minimum atomic E-state index is -0.879. The molecule has 0 aromatic rings. The second-order valence-corrected chi connectivity index (χ2v) is 5.20. The lowest BCUT2D eigenvalue weighted by atomic mass is 10.1. The van der Waals surface area contributed by atoms with E-state index in [4.69, 9.17) is 5.11 Å². The van der Waals surface area contributed by atoms with E-state index in [0.29, 0.717) is 0 Å². The van der Waals surface area contributed by atoms with Crippen LogP contribution in [0.1, 0.15) is 52.9 Å². The number of hydrogen-bond donors (Lipinski definition) is 2. The number of carbonyl (C=O) groups excluding carboxylic acids is 1. The summed E-state index contributed by atoms with van der Waals surface area (Å²) in [7, 11) is 1.64. The van der Waals surface area contributed by atoms with E-state index in [2.05, 4.69) is 19.2 Å². The number of amides is 2. The van der Waals surface area contributed by atoms with Gasteiger partial charge in [-0.2, -0.15) is 0 Å². The summed E-state index contributed by atoms with van der Waals surface area (Å²) in [4.78, 5) is 24.2. The number of rotatable bonds is 9. The van der Waals surface area contributed by atoms with Crippen LogP contribution in [0.2, 0.25) is 0 Å². The van der Waals surface area contributed by atoms with Crippen LogP contribution in [0.3, 0.4) is 0 Å². The largest absolute Gasteiger partial charge is 0.481 e. The van der Waals surface area contributed by atoms with E-state index in [1.165, 1.54) is 4.90 Å². The summed E-state index contributed by atoms with van der Waals surface area (Å²) in [6.07, 6.45) is 5.19. The summed E-state index contributed by atoms with van der Waals surface area (Å²) in [5, 5.41) is 11.8. The van der Waals surface area contributed by atoms with Crippen molar-refractivity contribution in [2.24, 2.45) is 5.92 Å². The van der Waals surface area contributed by atoms with Crippen molar-refractivity contribution in [1.82, 2.24) is 10.2 Å². The summed E-state index contributed by atoms with van der Waals surface area (Å²) >= 11 is 0. The van der Waals surface area contributed by atoms with E-state index < -0.39 is 11.9 Å². The minimum absolute atomic E-state index is 0.178. The quantitative estimate of drug-likeness (QED) is 0.678. The van der Waals surface area contributed by atoms with E-state index in [1.54, 1.807) is 14.0 Å². The van der Waals surface area contributed by atoms with Crippen molar-refractivity contribution in [3.63, 3.8) is 0 Å². The molecule has 0 radical (unpaired) electrons.